The van der Waals surface area contributed by atoms with Crippen LogP contribution in [-0.4, -0.2) is 19.0 Å². The van der Waals surface area contributed by atoms with Gasteiger partial charge < -0.3 is 9.47 Å². The highest BCUT2D eigenvalue weighted by atomic mass is 16.7. The molecule has 0 radical (unpaired) electrons. The third kappa shape index (κ3) is 7.44. The second-order valence-corrected chi connectivity index (χ2v) is 4.20. The Kier molecular flexibility index (Phi) is 7.88. The molecule has 0 fully saturated rings. The summed E-state index contributed by atoms with van der Waals surface area (Å²) in [5, 5.41) is 8.91. The lowest BCUT2D eigenvalue weighted by Crippen LogP contribution is -2.30. The highest BCUT2D eigenvalue weighted by molar-refractivity contribution is 5.02. The van der Waals surface area contributed by atoms with Gasteiger partial charge in [-0.1, -0.05) is 25.8 Å². The van der Waals surface area contributed by atoms with Crippen LogP contribution in [0.25, 0.3) is 0 Å². The fourth-order valence-corrected chi connectivity index (χ4v) is 1.19. The summed E-state index contributed by atoms with van der Waals surface area (Å²) < 4.78 is 10.6. The Balaban J connectivity index is 3.97. The predicted molar refractivity (Wildman–Crippen MR) is 64.9 cm³/mol. The van der Waals surface area contributed by atoms with Crippen molar-refractivity contribution < 1.29 is 9.47 Å². The number of nitrogens with zero attached hydrogens (tertiary/aromatic N) is 1. The molecular weight excluding hydrogens is 202 g/mol. The Labute approximate surface area is 99.0 Å². The second-order valence-electron chi connectivity index (χ2n) is 4.20. The van der Waals surface area contributed by atoms with E-state index < -0.39 is 11.9 Å². The van der Waals surface area contributed by atoms with Gasteiger partial charge in [0.2, 0.25) is 0 Å². The molecule has 1 atom stereocenters. The lowest BCUT2D eigenvalue weighted by molar-refractivity contribution is -0.203. The Morgan fingerprint density at radius 3 is 2.56 bits per heavy atom. The Morgan fingerprint density at radius 1 is 1.38 bits per heavy atom. The molecule has 0 unspecified atom stereocenters. The molecule has 0 N–H and O–H groups in total. The van der Waals surface area contributed by atoms with Gasteiger partial charge in [-0.05, 0) is 32.8 Å². The molecule has 0 aromatic rings. The van der Waals surface area contributed by atoms with Gasteiger partial charge in [0.15, 0.2) is 11.9 Å². The minimum absolute atomic E-state index is 0.531. The monoisotopic (exact) mass is 225 g/mol. The molecule has 0 rings (SSSR count). The van der Waals surface area contributed by atoms with E-state index in [1.54, 1.807) is 27.0 Å². The highest BCUT2D eigenvalue weighted by Gasteiger charge is 2.20. The average Bonchev–Trinajstić information content (AvgIpc) is 2.27. The van der Waals surface area contributed by atoms with Gasteiger partial charge in [0.1, 0.15) is 0 Å². The standard InChI is InChI=1S/C13H23NO2/c1-5-6-7-8-9-10-12(11-14)16-13(2,3)15-4/h9-10,12H,5-8H2,1-4H3/b10-9+/t12-/m1/s1. The van der Waals surface area contributed by atoms with Crippen LogP contribution in [0.4, 0.5) is 0 Å². The maximum absolute atomic E-state index is 8.91. The van der Waals surface area contributed by atoms with Crippen LogP contribution < -0.4 is 0 Å². The van der Waals surface area contributed by atoms with Crippen molar-refractivity contribution in [2.24, 2.45) is 0 Å². The van der Waals surface area contributed by atoms with E-state index in [-0.39, 0.29) is 0 Å². The van der Waals surface area contributed by atoms with E-state index in [1.807, 2.05) is 6.08 Å². The summed E-state index contributed by atoms with van der Waals surface area (Å²) in [5.41, 5.74) is 0. The molecule has 0 bridgehead atoms. The zero-order valence-electron chi connectivity index (χ0n) is 10.8. The van der Waals surface area contributed by atoms with Gasteiger partial charge in [0, 0.05) is 7.11 Å². The number of unbranched alkanes of at least 4 members (excludes halogenated alkanes) is 3. The summed E-state index contributed by atoms with van der Waals surface area (Å²) >= 11 is 0. The smallest absolute Gasteiger partial charge is 0.165 e. The topological polar surface area (TPSA) is 42.2 Å². The summed E-state index contributed by atoms with van der Waals surface area (Å²) in [6.45, 7) is 5.76. The van der Waals surface area contributed by atoms with Crippen molar-refractivity contribution in [2.45, 2.75) is 58.3 Å². The van der Waals surface area contributed by atoms with Crippen molar-refractivity contribution >= 4 is 0 Å². The first-order valence-corrected chi connectivity index (χ1v) is 5.85. The first-order valence-electron chi connectivity index (χ1n) is 5.85. The van der Waals surface area contributed by atoms with Crippen LogP contribution >= 0.6 is 0 Å². The van der Waals surface area contributed by atoms with Crippen molar-refractivity contribution in [3.63, 3.8) is 0 Å². The second kappa shape index (κ2) is 8.32. The van der Waals surface area contributed by atoms with Crippen molar-refractivity contribution in [3.05, 3.63) is 12.2 Å². The van der Waals surface area contributed by atoms with Gasteiger partial charge in [0.25, 0.3) is 0 Å². The minimum atomic E-state index is -0.714. The molecule has 16 heavy (non-hydrogen) atoms. The van der Waals surface area contributed by atoms with E-state index in [0.29, 0.717) is 0 Å². The maximum atomic E-state index is 8.91. The summed E-state index contributed by atoms with van der Waals surface area (Å²) in [5.74, 6) is -0.714. The minimum Gasteiger partial charge on any atom is -0.354 e. The number of nitriles is 1. The third-order valence-corrected chi connectivity index (χ3v) is 2.31. The fourth-order valence-electron chi connectivity index (χ4n) is 1.19. The van der Waals surface area contributed by atoms with Crippen molar-refractivity contribution in [1.82, 2.24) is 0 Å². The number of rotatable bonds is 8. The van der Waals surface area contributed by atoms with Crippen LogP contribution in [0.15, 0.2) is 12.2 Å². The van der Waals surface area contributed by atoms with Gasteiger partial charge in [0.05, 0.1) is 6.07 Å². The lowest BCUT2D eigenvalue weighted by Gasteiger charge is -2.24. The molecule has 0 aliphatic heterocycles. The summed E-state index contributed by atoms with van der Waals surface area (Å²) in [4.78, 5) is 0. The van der Waals surface area contributed by atoms with Gasteiger partial charge in [-0.3, -0.25) is 0 Å². The molecule has 0 aromatic heterocycles. The van der Waals surface area contributed by atoms with Gasteiger partial charge in [-0.2, -0.15) is 5.26 Å². The summed E-state index contributed by atoms with van der Waals surface area (Å²) in [7, 11) is 1.57. The van der Waals surface area contributed by atoms with Gasteiger partial charge in [-0.25, -0.2) is 0 Å². The van der Waals surface area contributed by atoms with Crippen LogP contribution in [0.2, 0.25) is 0 Å². The van der Waals surface area contributed by atoms with E-state index in [2.05, 4.69) is 13.0 Å². The quantitative estimate of drug-likeness (QED) is 0.361. The van der Waals surface area contributed by atoms with E-state index in [1.165, 1.54) is 19.3 Å². The SMILES string of the molecule is CCCCC/C=C/[C@H](C#N)OC(C)(C)OC. The Morgan fingerprint density at radius 2 is 2.06 bits per heavy atom. The molecule has 0 aliphatic carbocycles. The van der Waals surface area contributed by atoms with E-state index in [9.17, 15) is 0 Å². The molecule has 0 aliphatic rings. The van der Waals surface area contributed by atoms with E-state index >= 15 is 0 Å². The average molecular weight is 225 g/mol. The molecule has 92 valence electrons. The Hall–Kier alpha value is -0.850. The van der Waals surface area contributed by atoms with E-state index in [4.69, 9.17) is 14.7 Å². The number of allylic oxidation sites excluding steroid dienone is 1. The Bertz CT molecular complexity index is 241. The normalized spacial score (nSPS) is 13.9. The number of hydrogen-bond acceptors (Lipinski definition) is 3. The molecule has 3 heteroatoms. The summed E-state index contributed by atoms with van der Waals surface area (Å²) in [6, 6.07) is 2.09. The van der Waals surface area contributed by atoms with Gasteiger partial charge in [-0.15, -0.1) is 0 Å². The molecule has 0 saturated heterocycles. The van der Waals surface area contributed by atoms with Gasteiger partial charge >= 0.3 is 0 Å². The molecule has 0 heterocycles. The number of methoxy groups -OCH3 is 1. The van der Waals surface area contributed by atoms with Crippen molar-refractivity contribution in [2.75, 3.05) is 7.11 Å². The van der Waals surface area contributed by atoms with Crippen LogP contribution in [0.1, 0.15) is 46.5 Å². The first-order chi connectivity index (χ1) is 7.55. The van der Waals surface area contributed by atoms with Crippen LogP contribution in [0.3, 0.4) is 0 Å². The largest absolute Gasteiger partial charge is 0.354 e. The fraction of sp³-hybridized carbons (Fsp3) is 0.769. The zero-order valence-corrected chi connectivity index (χ0v) is 10.8. The number of ether oxygens (including phenoxy) is 2. The van der Waals surface area contributed by atoms with Crippen LogP contribution in [0.5, 0.6) is 0 Å². The molecule has 3 nitrogen and oxygen atoms in total. The first kappa shape index (κ1) is 15.2. The zero-order chi connectivity index (χ0) is 12.4. The number of hydrogen-bond donors (Lipinski definition) is 0. The van der Waals surface area contributed by atoms with E-state index in [0.717, 1.165) is 6.42 Å². The van der Waals surface area contributed by atoms with Crippen LogP contribution in [-0.2, 0) is 9.47 Å². The van der Waals surface area contributed by atoms with Crippen molar-refractivity contribution in [3.8, 4) is 6.07 Å². The van der Waals surface area contributed by atoms with Crippen LogP contribution in [0, 0.1) is 11.3 Å². The summed E-state index contributed by atoms with van der Waals surface area (Å²) in [6.07, 6.45) is 7.89. The predicted octanol–water partition coefficient (Wildman–Crippen LogP) is 3.41. The maximum Gasteiger partial charge on any atom is 0.165 e. The molecule has 0 spiro atoms. The molecular formula is C13H23NO2. The lowest BCUT2D eigenvalue weighted by atomic mass is 10.2. The molecule has 0 aromatic carbocycles. The highest BCUT2D eigenvalue weighted by Crippen LogP contribution is 2.13. The third-order valence-electron chi connectivity index (χ3n) is 2.31. The molecule has 0 saturated carbocycles. The van der Waals surface area contributed by atoms with Crippen molar-refractivity contribution in [1.29, 1.82) is 5.26 Å². The molecule has 0 amide bonds.